The molecular formula is C23H24ClN3O3. The number of benzene rings is 2. The van der Waals surface area contributed by atoms with E-state index in [0.717, 1.165) is 6.42 Å². The van der Waals surface area contributed by atoms with Gasteiger partial charge < -0.3 is 14.7 Å². The molecule has 0 unspecified atom stereocenters. The highest BCUT2D eigenvalue weighted by Crippen LogP contribution is 2.23. The summed E-state index contributed by atoms with van der Waals surface area (Å²) in [6.45, 7) is 2.50. The number of likely N-dealkylation sites (tertiary alicyclic amines) is 1. The van der Waals surface area contributed by atoms with Gasteiger partial charge in [0, 0.05) is 48.9 Å². The van der Waals surface area contributed by atoms with E-state index >= 15 is 0 Å². The number of rotatable bonds is 3. The minimum Gasteiger partial charge on any atom is -0.337 e. The van der Waals surface area contributed by atoms with Crippen LogP contribution in [0, 0.1) is 0 Å². The van der Waals surface area contributed by atoms with Crippen LogP contribution >= 0.6 is 11.6 Å². The average Bonchev–Trinajstić information content (AvgIpc) is 3.29. The molecule has 0 saturated carbocycles. The van der Waals surface area contributed by atoms with E-state index in [9.17, 15) is 14.4 Å². The lowest BCUT2D eigenvalue weighted by atomic mass is 10.1. The molecule has 2 aliphatic rings. The van der Waals surface area contributed by atoms with E-state index in [4.69, 9.17) is 11.6 Å². The molecule has 2 fully saturated rings. The Morgan fingerprint density at radius 3 is 2.00 bits per heavy atom. The summed E-state index contributed by atoms with van der Waals surface area (Å²) < 4.78 is 0. The fraction of sp³-hybridized carbons (Fsp3) is 0.348. The normalized spacial score (nSPS) is 19.1. The van der Waals surface area contributed by atoms with Crippen molar-refractivity contribution in [3.8, 4) is 0 Å². The average molecular weight is 426 g/mol. The van der Waals surface area contributed by atoms with Crippen molar-refractivity contribution >= 4 is 29.3 Å². The molecule has 156 valence electrons. The molecule has 0 aliphatic carbocycles. The highest BCUT2D eigenvalue weighted by molar-refractivity contribution is 6.30. The minimum absolute atomic E-state index is 0.0182. The molecule has 7 heteroatoms. The standard InChI is InChI=1S/C23H24ClN3O3/c24-19-10-8-18(9-11-19)21(28)25-13-15-26(16-14-25)23(30)20-7-4-12-27(20)22(29)17-5-2-1-3-6-17/h1-3,5-6,8-11,20H,4,7,12-16H2/t20-/m0/s1. The van der Waals surface area contributed by atoms with Gasteiger partial charge in [0.15, 0.2) is 0 Å². The van der Waals surface area contributed by atoms with Crippen molar-refractivity contribution in [2.24, 2.45) is 0 Å². The number of carbonyl (C=O) groups is 3. The van der Waals surface area contributed by atoms with Crippen LogP contribution in [0.2, 0.25) is 5.02 Å². The third-order valence-electron chi connectivity index (χ3n) is 5.79. The summed E-state index contributed by atoms with van der Waals surface area (Å²) in [5.41, 5.74) is 1.20. The van der Waals surface area contributed by atoms with E-state index < -0.39 is 6.04 Å². The Balaban J connectivity index is 1.37. The first-order valence-corrected chi connectivity index (χ1v) is 10.6. The van der Waals surface area contributed by atoms with Crippen LogP contribution in [0.1, 0.15) is 33.6 Å². The van der Waals surface area contributed by atoms with Crippen molar-refractivity contribution < 1.29 is 14.4 Å². The molecule has 2 heterocycles. The molecule has 0 bridgehead atoms. The summed E-state index contributed by atoms with van der Waals surface area (Å²) in [6.07, 6.45) is 1.51. The molecule has 6 nitrogen and oxygen atoms in total. The quantitative estimate of drug-likeness (QED) is 0.759. The van der Waals surface area contributed by atoms with Crippen molar-refractivity contribution in [3.63, 3.8) is 0 Å². The lowest BCUT2D eigenvalue weighted by Gasteiger charge is -2.37. The van der Waals surface area contributed by atoms with Crippen LogP contribution in [-0.2, 0) is 4.79 Å². The summed E-state index contributed by atoms with van der Waals surface area (Å²) in [4.78, 5) is 43.9. The molecule has 30 heavy (non-hydrogen) atoms. The van der Waals surface area contributed by atoms with Gasteiger partial charge in [-0.05, 0) is 49.2 Å². The number of carbonyl (C=O) groups excluding carboxylic acids is 3. The zero-order valence-corrected chi connectivity index (χ0v) is 17.4. The van der Waals surface area contributed by atoms with Crippen LogP contribution in [0.5, 0.6) is 0 Å². The van der Waals surface area contributed by atoms with Gasteiger partial charge in [-0.2, -0.15) is 0 Å². The number of amides is 3. The Bertz CT molecular complexity index is 924. The molecule has 0 N–H and O–H groups in total. The van der Waals surface area contributed by atoms with Gasteiger partial charge in [-0.15, -0.1) is 0 Å². The summed E-state index contributed by atoms with van der Waals surface area (Å²) in [5, 5.41) is 0.591. The molecular weight excluding hydrogens is 402 g/mol. The van der Waals surface area contributed by atoms with Crippen LogP contribution in [-0.4, -0.2) is 71.2 Å². The molecule has 2 aromatic carbocycles. The number of hydrogen-bond acceptors (Lipinski definition) is 3. The number of piperazine rings is 1. The fourth-order valence-electron chi connectivity index (χ4n) is 4.13. The maximum atomic E-state index is 13.1. The number of halogens is 1. The second-order valence-electron chi connectivity index (χ2n) is 7.65. The van der Waals surface area contributed by atoms with Crippen molar-refractivity contribution in [1.29, 1.82) is 0 Å². The largest absolute Gasteiger partial charge is 0.337 e. The van der Waals surface area contributed by atoms with Gasteiger partial charge in [-0.3, -0.25) is 14.4 Å². The molecule has 4 rings (SSSR count). The van der Waals surface area contributed by atoms with Gasteiger partial charge in [0.25, 0.3) is 11.8 Å². The van der Waals surface area contributed by atoms with E-state index in [1.807, 2.05) is 18.2 Å². The second-order valence-corrected chi connectivity index (χ2v) is 8.08. The minimum atomic E-state index is -0.420. The summed E-state index contributed by atoms with van der Waals surface area (Å²) in [7, 11) is 0. The first-order valence-electron chi connectivity index (χ1n) is 10.2. The lowest BCUT2D eigenvalue weighted by molar-refractivity contribution is -0.136. The smallest absolute Gasteiger partial charge is 0.254 e. The molecule has 0 radical (unpaired) electrons. The highest BCUT2D eigenvalue weighted by atomic mass is 35.5. The van der Waals surface area contributed by atoms with E-state index in [0.29, 0.717) is 55.3 Å². The number of hydrogen-bond donors (Lipinski definition) is 0. The van der Waals surface area contributed by atoms with Crippen LogP contribution in [0.15, 0.2) is 54.6 Å². The first-order chi connectivity index (χ1) is 14.5. The Labute approximate surface area is 181 Å². The van der Waals surface area contributed by atoms with E-state index in [-0.39, 0.29) is 17.7 Å². The zero-order chi connectivity index (χ0) is 21.1. The second kappa shape index (κ2) is 8.88. The van der Waals surface area contributed by atoms with E-state index in [2.05, 4.69) is 0 Å². The summed E-state index contributed by atoms with van der Waals surface area (Å²) in [5.74, 6) is -0.168. The highest BCUT2D eigenvalue weighted by Gasteiger charge is 2.38. The van der Waals surface area contributed by atoms with Gasteiger partial charge in [-0.25, -0.2) is 0 Å². The predicted molar refractivity (Wildman–Crippen MR) is 114 cm³/mol. The van der Waals surface area contributed by atoms with Gasteiger partial charge in [0.2, 0.25) is 5.91 Å². The van der Waals surface area contributed by atoms with E-state index in [1.165, 1.54) is 0 Å². The third kappa shape index (κ3) is 4.19. The Morgan fingerprint density at radius 2 is 1.33 bits per heavy atom. The SMILES string of the molecule is O=C(c1ccc(Cl)cc1)N1CCN(C(=O)[C@@H]2CCCN2C(=O)c2ccccc2)CC1. The molecule has 0 aromatic heterocycles. The third-order valence-corrected chi connectivity index (χ3v) is 6.04. The number of nitrogens with zero attached hydrogens (tertiary/aromatic N) is 3. The van der Waals surface area contributed by atoms with Gasteiger partial charge >= 0.3 is 0 Å². The van der Waals surface area contributed by atoms with Gasteiger partial charge in [-0.1, -0.05) is 29.8 Å². The predicted octanol–water partition coefficient (Wildman–Crippen LogP) is 2.93. The maximum Gasteiger partial charge on any atom is 0.254 e. The monoisotopic (exact) mass is 425 g/mol. The van der Waals surface area contributed by atoms with Crippen molar-refractivity contribution in [2.45, 2.75) is 18.9 Å². The van der Waals surface area contributed by atoms with Crippen molar-refractivity contribution in [2.75, 3.05) is 32.7 Å². The van der Waals surface area contributed by atoms with E-state index in [1.54, 1.807) is 51.1 Å². The summed E-state index contributed by atoms with van der Waals surface area (Å²) >= 11 is 5.89. The van der Waals surface area contributed by atoms with Gasteiger partial charge in [0.1, 0.15) is 6.04 Å². The topological polar surface area (TPSA) is 60.9 Å². The van der Waals surface area contributed by atoms with Crippen molar-refractivity contribution in [3.05, 3.63) is 70.7 Å². The zero-order valence-electron chi connectivity index (χ0n) is 16.7. The molecule has 3 amide bonds. The molecule has 2 aromatic rings. The van der Waals surface area contributed by atoms with Crippen LogP contribution < -0.4 is 0 Å². The van der Waals surface area contributed by atoms with Crippen LogP contribution in [0.4, 0.5) is 0 Å². The van der Waals surface area contributed by atoms with Crippen LogP contribution in [0.3, 0.4) is 0 Å². The summed E-state index contributed by atoms with van der Waals surface area (Å²) in [6, 6.07) is 15.5. The molecule has 2 aliphatic heterocycles. The Hall–Kier alpha value is -2.86. The van der Waals surface area contributed by atoms with Gasteiger partial charge in [0.05, 0.1) is 0 Å². The first kappa shape index (κ1) is 20.4. The Morgan fingerprint density at radius 1 is 0.733 bits per heavy atom. The maximum absolute atomic E-state index is 13.1. The molecule has 1 atom stereocenters. The van der Waals surface area contributed by atoms with Crippen molar-refractivity contribution in [1.82, 2.24) is 14.7 Å². The molecule has 0 spiro atoms. The Kier molecular flexibility index (Phi) is 6.04. The van der Waals surface area contributed by atoms with Crippen LogP contribution in [0.25, 0.3) is 0 Å². The molecule has 2 saturated heterocycles. The fourth-order valence-corrected chi connectivity index (χ4v) is 4.25. The lowest BCUT2D eigenvalue weighted by Crippen LogP contribution is -2.55.